The SMILES string of the molecule is CC1CC=CCC12C(=O)OC(C)(C)OC2=O. The van der Waals surface area contributed by atoms with Crippen LogP contribution in [0.3, 0.4) is 0 Å². The summed E-state index contributed by atoms with van der Waals surface area (Å²) >= 11 is 0. The molecule has 0 bridgehead atoms. The predicted molar refractivity (Wildman–Crippen MR) is 56.2 cm³/mol. The summed E-state index contributed by atoms with van der Waals surface area (Å²) in [5, 5.41) is 0. The number of cyclic esters (lactones) is 2. The molecule has 1 heterocycles. The largest absolute Gasteiger partial charge is 0.422 e. The summed E-state index contributed by atoms with van der Waals surface area (Å²) in [7, 11) is 0. The minimum Gasteiger partial charge on any atom is -0.422 e. The predicted octanol–water partition coefficient (Wildman–Crippen LogP) is 1.79. The zero-order valence-corrected chi connectivity index (χ0v) is 9.78. The van der Waals surface area contributed by atoms with Crippen molar-refractivity contribution in [1.82, 2.24) is 0 Å². The second-order valence-corrected chi connectivity index (χ2v) is 4.96. The fraction of sp³-hybridized carbons (Fsp3) is 0.667. The highest BCUT2D eigenvalue weighted by molar-refractivity contribution is 6.02. The van der Waals surface area contributed by atoms with Gasteiger partial charge in [-0.05, 0) is 18.8 Å². The number of rotatable bonds is 0. The molecule has 4 heteroatoms. The van der Waals surface area contributed by atoms with Crippen molar-refractivity contribution >= 4 is 11.9 Å². The Hall–Kier alpha value is -1.32. The molecule has 1 aliphatic heterocycles. The maximum absolute atomic E-state index is 12.1. The molecule has 1 atom stereocenters. The van der Waals surface area contributed by atoms with E-state index in [1.54, 1.807) is 13.8 Å². The van der Waals surface area contributed by atoms with Crippen LogP contribution < -0.4 is 0 Å². The molecule has 1 aliphatic carbocycles. The third kappa shape index (κ3) is 1.44. The van der Waals surface area contributed by atoms with Crippen molar-refractivity contribution in [2.75, 3.05) is 0 Å². The van der Waals surface area contributed by atoms with Crippen molar-refractivity contribution in [3.63, 3.8) is 0 Å². The minimum absolute atomic E-state index is 0.0754. The van der Waals surface area contributed by atoms with Gasteiger partial charge in [-0.25, -0.2) is 0 Å². The molecule has 0 aromatic carbocycles. The average Bonchev–Trinajstić information content (AvgIpc) is 2.14. The first-order valence-corrected chi connectivity index (χ1v) is 5.50. The van der Waals surface area contributed by atoms with Crippen molar-refractivity contribution in [3.05, 3.63) is 12.2 Å². The minimum atomic E-state index is -1.14. The van der Waals surface area contributed by atoms with Crippen LogP contribution in [0.15, 0.2) is 12.2 Å². The molecule has 4 nitrogen and oxygen atoms in total. The Morgan fingerprint density at radius 2 is 1.75 bits per heavy atom. The van der Waals surface area contributed by atoms with Crippen molar-refractivity contribution in [2.24, 2.45) is 11.3 Å². The molecule has 1 saturated heterocycles. The van der Waals surface area contributed by atoms with Gasteiger partial charge < -0.3 is 9.47 Å². The maximum atomic E-state index is 12.1. The van der Waals surface area contributed by atoms with Crippen LogP contribution in [0.2, 0.25) is 0 Å². The van der Waals surface area contributed by atoms with E-state index in [4.69, 9.17) is 9.47 Å². The van der Waals surface area contributed by atoms with Gasteiger partial charge in [-0.2, -0.15) is 0 Å². The molecule has 1 fully saturated rings. The molecule has 1 spiro atoms. The van der Waals surface area contributed by atoms with Gasteiger partial charge in [-0.15, -0.1) is 0 Å². The van der Waals surface area contributed by atoms with E-state index in [2.05, 4.69) is 0 Å². The van der Waals surface area contributed by atoms with E-state index in [9.17, 15) is 9.59 Å². The smallest absolute Gasteiger partial charge is 0.327 e. The zero-order chi connectivity index (χ0) is 12.0. The van der Waals surface area contributed by atoms with E-state index >= 15 is 0 Å². The fourth-order valence-corrected chi connectivity index (χ4v) is 2.27. The molecular weight excluding hydrogens is 208 g/mol. The number of hydrogen-bond donors (Lipinski definition) is 0. The average molecular weight is 224 g/mol. The van der Waals surface area contributed by atoms with Gasteiger partial charge in [0.25, 0.3) is 5.79 Å². The van der Waals surface area contributed by atoms with Crippen LogP contribution >= 0.6 is 0 Å². The van der Waals surface area contributed by atoms with Gasteiger partial charge in [0, 0.05) is 13.8 Å². The highest BCUT2D eigenvalue weighted by Crippen LogP contribution is 2.44. The number of esters is 2. The third-order valence-electron chi connectivity index (χ3n) is 3.34. The Kier molecular flexibility index (Phi) is 2.33. The Morgan fingerprint density at radius 3 is 2.25 bits per heavy atom. The van der Waals surface area contributed by atoms with Crippen LogP contribution in [-0.2, 0) is 19.1 Å². The van der Waals surface area contributed by atoms with Crippen LogP contribution in [0.25, 0.3) is 0 Å². The fourth-order valence-electron chi connectivity index (χ4n) is 2.27. The van der Waals surface area contributed by atoms with Crippen molar-refractivity contribution in [1.29, 1.82) is 0 Å². The van der Waals surface area contributed by atoms with Gasteiger partial charge in [0.2, 0.25) is 0 Å². The number of ether oxygens (including phenoxy) is 2. The zero-order valence-electron chi connectivity index (χ0n) is 9.78. The summed E-state index contributed by atoms with van der Waals surface area (Å²) in [6, 6.07) is 0. The normalized spacial score (nSPS) is 31.1. The molecule has 16 heavy (non-hydrogen) atoms. The van der Waals surface area contributed by atoms with E-state index in [0.717, 1.165) is 0 Å². The third-order valence-corrected chi connectivity index (χ3v) is 3.34. The lowest BCUT2D eigenvalue weighted by Crippen LogP contribution is -2.57. The van der Waals surface area contributed by atoms with Crippen LogP contribution in [0.4, 0.5) is 0 Å². The van der Waals surface area contributed by atoms with Crippen LogP contribution in [0, 0.1) is 11.3 Å². The van der Waals surface area contributed by atoms with E-state index < -0.39 is 23.1 Å². The Labute approximate surface area is 94.6 Å². The molecule has 2 rings (SSSR count). The van der Waals surface area contributed by atoms with Gasteiger partial charge in [-0.3, -0.25) is 9.59 Å². The van der Waals surface area contributed by atoms with Gasteiger partial charge in [0.05, 0.1) is 0 Å². The van der Waals surface area contributed by atoms with Crippen molar-refractivity contribution < 1.29 is 19.1 Å². The molecule has 0 saturated carbocycles. The first kappa shape index (κ1) is 11.2. The standard InChI is InChI=1S/C12H16O4/c1-8-6-4-5-7-12(8)9(13)15-11(2,3)16-10(12)14/h4-5,8H,6-7H2,1-3H3. The van der Waals surface area contributed by atoms with Gasteiger partial charge in [0.1, 0.15) is 0 Å². The van der Waals surface area contributed by atoms with Crippen LogP contribution in [-0.4, -0.2) is 17.7 Å². The first-order valence-electron chi connectivity index (χ1n) is 5.50. The molecule has 88 valence electrons. The lowest BCUT2D eigenvalue weighted by molar-refractivity contribution is -0.255. The quantitative estimate of drug-likeness (QED) is 0.357. The highest BCUT2D eigenvalue weighted by Gasteiger charge is 2.58. The first-order chi connectivity index (χ1) is 7.38. The summed E-state index contributed by atoms with van der Waals surface area (Å²) in [4.78, 5) is 24.1. The molecule has 0 aromatic rings. The molecular formula is C12H16O4. The summed E-state index contributed by atoms with van der Waals surface area (Å²) < 4.78 is 10.4. The number of hydrogen-bond acceptors (Lipinski definition) is 4. The van der Waals surface area contributed by atoms with Crippen LogP contribution in [0.1, 0.15) is 33.6 Å². The Bertz CT molecular complexity index is 347. The number of carbonyl (C=O) groups excluding carboxylic acids is 2. The monoisotopic (exact) mass is 224 g/mol. The van der Waals surface area contributed by atoms with E-state index in [1.807, 2.05) is 19.1 Å². The van der Waals surface area contributed by atoms with Gasteiger partial charge in [-0.1, -0.05) is 19.1 Å². The highest BCUT2D eigenvalue weighted by atomic mass is 16.7. The van der Waals surface area contributed by atoms with E-state index in [0.29, 0.717) is 12.8 Å². The van der Waals surface area contributed by atoms with Gasteiger partial charge in [0.15, 0.2) is 5.41 Å². The molecule has 0 amide bonds. The number of carbonyl (C=O) groups is 2. The Morgan fingerprint density at radius 1 is 1.19 bits per heavy atom. The summed E-state index contributed by atoms with van der Waals surface area (Å²) in [5.41, 5.74) is -1.12. The van der Waals surface area contributed by atoms with Crippen LogP contribution in [0.5, 0.6) is 0 Å². The van der Waals surface area contributed by atoms with E-state index in [1.165, 1.54) is 0 Å². The summed E-state index contributed by atoms with van der Waals surface area (Å²) in [6.45, 7) is 5.02. The molecule has 0 radical (unpaired) electrons. The lowest BCUT2D eigenvalue weighted by atomic mass is 9.69. The summed E-state index contributed by atoms with van der Waals surface area (Å²) in [5.74, 6) is -2.12. The topological polar surface area (TPSA) is 52.6 Å². The lowest BCUT2D eigenvalue weighted by Gasteiger charge is -2.43. The second kappa shape index (κ2) is 3.34. The van der Waals surface area contributed by atoms with E-state index in [-0.39, 0.29) is 5.92 Å². The second-order valence-electron chi connectivity index (χ2n) is 4.96. The van der Waals surface area contributed by atoms with Crippen molar-refractivity contribution in [2.45, 2.75) is 39.4 Å². The molecule has 2 aliphatic rings. The maximum Gasteiger partial charge on any atom is 0.327 e. The molecule has 1 unspecified atom stereocenters. The summed E-state index contributed by atoms with van der Waals surface area (Å²) in [6.07, 6.45) is 4.91. The molecule has 0 aromatic heterocycles. The van der Waals surface area contributed by atoms with Crippen molar-refractivity contribution in [3.8, 4) is 0 Å². The Balaban J connectivity index is 2.38. The molecule has 0 N–H and O–H groups in total. The number of allylic oxidation sites excluding steroid dienone is 2. The van der Waals surface area contributed by atoms with Gasteiger partial charge >= 0.3 is 11.9 Å².